The number of carbonyl (C=O) groups excluding carboxylic acids is 1. The first kappa shape index (κ1) is 21.4. The quantitative estimate of drug-likeness (QED) is 0.313. The molecule has 8 heteroatoms. The molecule has 0 spiro atoms. The smallest absolute Gasteiger partial charge is 0.340 e. The number of nitro benzene ring substituents is 1. The van der Waals surface area contributed by atoms with Crippen molar-refractivity contribution in [3.05, 3.63) is 63.3 Å². The Hall–Kier alpha value is -3.81. The standard InChI is InChI=1S/C24H24N2O6/c1-5-32-24(27)22-21(15-6-8-17(9-7-15)26(28)29)14(2)25-11-10-16-12-19(30-3)20(31-4)13-18(16)23(22)25/h6-9,12-13H,5,10-11H2,1-4H3. The van der Waals surface area contributed by atoms with Gasteiger partial charge in [0.25, 0.3) is 5.69 Å². The van der Waals surface area contributed by atoms with E-state index in [0.717, 1.165) is 40.1 Å². The zero-order valence-electron chi connectivity index (χ0n) is 18.4. The predicted molar refractivity (Wildman–Crippen MR) is 119 cm³/mol. The Morgan fingerprint density at radius 2 is 1.78 bits per heavy atom. The third kappa shape index (κ3) is 3.37. The number of hydrogen-bond acceptors (Lipinski definition) is 6. The number of benzene rings is 2. The molecule has 2 aromatic carbocycles. The molecular formula is C24H24N2O6. The van der Waals surface area contributed by atoms with Gasteiger partial charge in [0.15, 0.2) is 11.5 Å². The first-order valence-electron chi connectivity index (χ1n) is 10.3. The summed E-state index contributed by atoms with van der Waals surface area (Å²) in [5.74, 6) is 0.779. The number of ether oxygens (including phenoxy) is 3. The number of esters is 1. The van der Waals surface area contributed by atoms with Crippen LogP contribution in [0.4, 0.5) is 5.69 Å². The van der Waals surface area contributed by atoms with Gasteiger partial charge in [-0.1, -0.05) is 0 Å². The Morgan fingerprint density at radius 3 is 2.38 bits per heavy atom. The third-order valence-electron chi connectivity index (χ3n) is 5.84. The van der Waals surface area contributed by atoms with E-state index in [1.165, 1.54) is 12.1 Å². The van der Waals surface area contributed by atoms with Crippen molar-refractivity contribution >= 4 is 11.7 Å². The zero-order chi connectivity index (χ0) is 23.0. The lowest BCUT2D eigenvalue weighted by Gasteiger charge is -2.23. The Kier molecular flexibility index (Phi) is 5.61. The normalized spacial score (nSPS) is 12.0. The average molecular weight is 436 g/mol. The van der Waals surface area contributed by atoms with Crippen molar-refractivity contribution < 1.29 is 23.9 Å². The summed E-state index contributed by atoms with van der Waals surface area (Å²) in [5, 5.41) is 11.1. The van der Waals surface area contributed by atoms with Gasteiger partial charge in [-0.2, -0.15) is 0 Å². The van der Waals surface area contributed by atoms with Gasteiger partial charge in [0.05, 0.1) is 37.0 Å². The highest BCUT2D eigenvalue weighted by atomic mass is 16.6. The highest BCUT2D eigenvalue weighted by molar-refractivity contribution is 6.05. The van der Waals surface area contributed by atoms with Crippen LogP contribution in [-0.2, 0) is 17.7 Å². The van der Waals surface area contributed by atoms with Gasteiger partial charge in [-0.3, -0.25) is 10.1 Å². The first-order chi connectivity index (χ1) is 15.4. The minimum Gasteiger partial charge on any atom is -0.493 e. The zero-order valence-corrected chi connectivity index (χ0v) is 18.4. The summed E-state index contributed by atoms with van der Waals surface area (Å²) in [6, 6.07) is 10.1. The van der Waals surface area contributed by atoms with Gasteiger partial charge in [0.1, 0.15) is 0 Å². The van der Waals surface area contributed by atoms with Crippen molar-refractivity contribution in [2.24, 2.45) is 0 Å². The van der Waals surface area contributed by atoms with Crippen LogP contribution in [0.25, 0.3) is 22.4 Å². The highest BCUT2D eigenvalue weighted by Crippen LogP contribution is 2.45. The van der Waals surface area contributed by atoms with Crippen LogP contribution < -0.4 is 9.47 Å². The van der Waals surface area contributed by atoms with Gasteiger partial charge < -0.3 is 18.8 Å². The number of hydrogen-bond donors (Lipinski definition) is 0. The molecule has 2 heterocycles. The van der Waals surface area contributed by atoms with Crippen molar-refractivity contribution in [1.82, 2.24) is 4.57 Å². The van der Waals surface area contributed by atoms with Crippen molar-refractivity contribution in [3.63, 3.8) is 0 Å². The van der Waals surface area contributed by atoms with Gasteiger partial charge in [-0.25, -0.2) is 4.79 Å². The summed E-state index contributed by atoms with van der Waals surface area (Å²) >= 11 is 0. The SMILES string of the molecule is CCOC(=O)c1c(-c2ccc([N+](=O)[O-])cc2)c(C)n2c1-c1cc(OC)c(OC)cc1CC2. The van der Waals surface area contributed by atoms with Crippen molar-refractivity contribution in [2.75, 3.05) is 20.8 Å². The molecule has 4 rings (SSSR count). The average Bonchev–Trinajstić information content (AvgIpc) is 3.11. The molecular weight excluding hydrogens is 412 g/mol. The molecule has 32 heavy (non-hydrogen) atoms. The first-order valence-corrected chi connectivity index (χ1v) is 10.3. The van der Waals surface area contributed by atoms with Crippen LogP contribution in [-0.4, -0.2) is 36.3 Å². The second-order valence-electron chi connectivity index (χ2n) is 7.47. The van der Waals surface area contributed by atoms with Gasteiger partial charge in [-0.15, -0.1) is 0 Å². The maximum atomic E-state index is 13.2. The Balaban J connectivity index is 2.00. The van der Waals surface area contributed by atoms with Crippen LogP contribution in [0, 0.1) is 17.0 Å². The number of fused-ring (bicyclic) bond motifs is 3. The summed E-state index contributed by atoms with van der Waals surface area (Å²) in [7, 11) is 3.17. The molecule has 1 aliphatic heterocycles. The van der Waals surface area contributed by atoms with E-state index in [2.05, 4.69) is 4.57 Å². The monoisotopic (exact) mass is 436 g/mol. The number of rotatable bonds is 6. The maximum Gasteiger partial charge on any atom is 0.340 e. The van der Waals surface area contributed by atoms with E-state index in [1.54, 1.807) is 33.3 Å². The number of aryl methyl sites for hydroxylation is 1. The molecule has 1 aromatic heterocycles. The fraction of sp³-hybridized carbons (Fsp3) is 0.292. The predicted octanol–water partition coefficient (Wildman–Crippen LogP) is 4.79. The van der Waals surface area contributed by atoms with Crippen molar-refractivity contribution in [1.29, 1.82) is 0 Å². The fourth-order valence-electron chi connectivity index (χ4n) is 4.38. The van der Waals surface area contributed by atoms with E-state index in [1.807, 2.05) is 19.1 Å². The Morgan fingerprint density at radius 1 is 1.12 bits per heavy atom. The lowest BCUT2D eigenvalue weighted by Crippen LogP contribution is -2.15. The Labute approximate surface area is 185 Å². The van der Waals surface area contributed by atoms with Gasteiger partial charge in [-0.05, 0) is 55.7 Å². The topological polar surface area (TPSA) is 92.8 Å². The van der Waals surface area contributed by atoms with Gasteiger partial charge in [0.2, 0.25) is 0 Å². The molecule has 0 N–H and O–H groups in total. The number of aromatic nitrogens is 1. The second kappa shape index (κ2) is 8.37. The minimum atomic E-state index is -0.441. The molecule has 8 nitrogen and oxygen atoms in total. The fourth-order valence-corrected chi connectivity index (χ4v) is 4.38. The van der Waals surface area contributed by atoms with E-state index >= 15 is 0 Å². The number of nitro groups is 1. The lowest BCUT2D eigenvalue weighted by atomic mass is 9.93. The summed E-state index contributed by atoms with van der Waals surface area (Å²) in [6.07, 6.45) is 0.764. The van der Waals surface area contributed by atoms with Crippen LogP contribution in [0.5, 0.6) is 11.5 Å². The number of nitrogens with zero attached hydrogens (tertiary/aromatic N) is 2. The van der Waals surface area contributed by atoms with E-state index in [0.29, 0.717) is 23.6 Å². The summed E-state index contributed by atoms with van der Waals surface area (Å²) in [4.78, 5) is 23.8. The van der Waals surface area contributed by atoms with E-state index in [9.17, 15) is 14.9 Å². The Bertz CT molecular complexity index is 1210. The maximum absolute atomic E-state index is 13.2. The molecule has 0 aliphatic carbocycles. The molecule has 0 saturated heterocycles. The summed E-state index contributed by atoms with van der Waals surface area (Å²) in [5.41, 5.74) is 5.48. The molecule has 0 bridgehead atoms. The molecule has 0 saturated carbocycles. The molecule has 166 valence electrons. The number of carbonyl (C=O) groups is 1. The molecule has 0 unspecified atom stereocenters. The van der Waals surface area contributed by atoms with Crippen LogP contribution in [0.1, 0.15) is 28.5 Å². The largest absolute Gasteiger partial charge is 0.493 e. The molecule has 1 aliphatic rings. The summed E-state index contributed by atoms with van der Waals surface area (Å²) in [6.45, 7) is 4.64. The van der Waals surface area contributed by atoms with Crippen LogP contribution >= 0.6 is 0 Å². The van der Waals surface area contributed by atoms with E-state index in [4.69, 9.17) is 14.2 Å². The van der Waals surface area contributed by atoms with Gasteiger partial charge >= 0.3 is 5.97 Å². The molecule has 0 radical (unpaired) electrons. The van der Waals surface area contributed by atoms with Gasteiger partial charge in [0, 0.05) is 35.5 Å². The van der Waals surface area contributed by atoms with Crippen molar-refractivity contribution in [3.8, 4) is 33.9 Å². The highest BCUT2D eigenvalue weighted by Gasteiger charge is 2.32. The third-order valence-corrected chi connectivity index (χ3v) is 5.84. The van der Waals surface area contributed by atoms with Crippen LogP contribution in [0.2, 0.25) is 0 Å². The lowest BCUT2D eigenvalue weighted by molar-refractivity contribution is -0.384. The van der Waals surface area contributed by atoms with E-state index in [-0.39, 0.29) is 12.3 Å². The van der Waals surface area contributed by atoms with Crippen LogP contribution in [0.3, 0.4) is 0 Å². The van der Waals surface area contributed by atoms with Crippen molar-refractivity contribution in [2.45, 2.75) is 26.8 Å². The van der Waals surface area contributed by atoms with Crippen LogP contribution in [0.15, 0.2) is 36.4 Å². The number of methoxy groups -OCH3 is 2. The minimum absolute atomic E-state index is 0.00441. The van der Waals surface area contributed by atoms with E-state index < -0.39 is 10.9 Å². The molecule has 0 amide bonds. The molecule has 3 aromatic rings. The summed E-state index contributed by atoms with van der Waals surface area (Å²) < 4.78 is 18.5. The number of non-ortho nitro benzene ring substituents is 1. The molecule has 0 fully saturated rings. The second-order valence-corrected chi connectivity index (χ2v) is 7.47. The molecule has 0 atom stereocenters.